The number of benzene rings is 1. The summed E-state index contributed by atoms with van der Waals surface area (Å²) in [5, 5.41) is 1.22. The fourth-order valence-corrected chi connectivity index (χ4v) is 5.46. The monoisotopic (exact) mass is 381 g/mol. The summed E-state index contributed by atoms with van der Waals surface area (Å²) >= 11 is 8.27. The van der Waals surface area contributed by atoms with Gasteiger partial charge in [-0.1, -0.05) is 29.8 Å². The molecule has 2 aliphatic rings. The quantitative estimate of drug-likeness (QED) is 0.835. The van der Waals surface area contributed by atoms with E-state index in [1.807, 2.05) is 30.0 Å². The highest BCUT2D eigenvalue weighted by Crippen LogP contribution is 2.37. The van der Waals surface area contributed by atoms with E-state index >= 15 is 0 Å². The van der Waals surface area contributed by atoms with Gasteiger partial charge in [0.15, 0.2) is 0 Å². The van der Waals surface area contributed by atoms with Gasteiger partial charge in [-0.25, -0.2) is 0 Å². The molecule has 1 amide bonds. The number of halogens is 1. The minimum Gasteiger partial charge on any atom is -0.342 e. The van der Waals surface area contributed by atoms with E-state index in [0.29, 0.717) is 35.6 Å². The zero-order valence-corrected chi connectivity index (χ0v) is 16.6. The fraction of sp³-hybridized carbons (Fsp3) is 0.632. The molecule has 0 saturated carbocycles. The molecule has 4 nitrogen and oxygen atoms in total. The molecule has 1 aromatic carbocycles. The van der Waals surface area contributed by atoms with Gasteiger partial charge in [-0.05, 0) is 44.2 Å². The Labute approximate surface area is 160 Å². The Kier molecular flexibility index (Phi) is 6.67. The first-order valence-corrected chi connectivity index (χ1v) is 10.6. The lowest BCUT2D eigenvalue weighted by Gasteiger charge is -2.23. The Bertz CT molecular complexity index is 590. The molecular formula is C19H28ClN3OS. The van der Waals surface area contributed by atoms with Crippen LogP contribution in [0.2, 0.25) is 5.02 Å². The van der Waals surface area contributed by atoms with E-state index in [0.717, 1.165) is 36.7 Å². The normalized spacial score (nSPS) is 30.3. The molecule has 138 valence electrons. The Hall–Kier alpha value is -0.750. The van der Waals surface area contributed by atoms with Gasteiger partial charge in [-0.15, -0.1) is 0 Å². The van der Waals surface area contributed by atoms with Gasteiger partial charge in [0.1, 0.15) is 0 Å². The Morgan fingerprint density at radius 3 is 2.68 bits per heavy atom. The number of carbonyl (C=O) groups excluding carboxylic acids is 1. The molecule has 2 heterocycles. The highest BCUT2D eigenvalue weighted by atomic mass is 35.5. The van der Waals surface area contributed by atoms with Crippen LogP contribution in [0.3, 0.4) is 0 Å². The van der Waals surface area contributed by atoms with Crippen LogP contribution >= 0.6 is 23.4 Å². The summed E-state index contributed by atoms with van der Waals surface area (Å²) in [6.45, 7) is 6.04. The molecule has 2 N–H and O–H groups in total. The van der Waals surface area contributed by atoms with E-state index in [9.17, 15) is 4.79 Å². The fourth-order valence-electron chi connectivity index (χ4n) is 3.86. The van der Waals surface area contributed by atoms with Crippen molar-refractivity contribution < 1.29 is 4.79 Å². The zero-order valence-electron chi connectivity index (χ0n) is 15.0. The molecule has 0 spiro atoms. The molecule has 2 saturated heterocycles. The Morgan fingerprint density at radius 1 is 1.24 bits per heavy atom. The minimum atomic E-state index is 0.298. The maximum Gasteiger partial charge on any atom is 0.222 e. The average molecular weight is 382 g/mol. The molecule has 0 bridgehead atoms. The number of nitrogens with one attached hydrogen (secondary N) is 2. The molecular weight excluding hydrogens is 354 g/mol. The van der Waals surface area contributed by atoms with E-state index in [4.69, 9.17) is 11.6 Å². The molecule has 0 aromatic heterocycles. The predicted octanol–water partition coefficient (Wildman–Crippen LogP) is 3.63. The van der Waals surface area contributed by atoms with Crippen molar-refractivity contribution in [1.29, 1.82) is 0 Å². The van der Waals surface area contributed by atoms with Crippen LogP contribution in [0.15, 0.2) is 24.3 Å². The molecule has 3 atom stereocenters. The second-order valence-corrected chi connectivity index (χ2v) is 8.84. The van der Waals surface area contributed by atoms with Crippen molar-refractivity contribution in [3.05, 3.63) is 34.9 Å². The van der Waals surface area contributed by atoms with Crippen molar-refractivity contribution in [2.24, 2.45) is 5.92 Å². The van der Waals surface area contributed by atoms with E-state index in [1.54, 1.807) is 0 Å². The number of hydrazine groups is 1. The molecule has 2 aliphatic heterocycles. The number of thioether (sulfide) groups is 1. The summed E-state index contributed by atoms with van der Waals surface area (Å²) in [7, 11) is 0. The summed E-state index contributed by atoms with van der Waals surface area (Å²) in [6.07, 6.45) is 2.56. The van der Waals surface area contributed by atoms with Crippen molar-refractivity contribution >= 4 is 29.3 Å². The van der Waals surface area contributed by atoms with Gasteiger partial charge < -0.3 is 4.90 Å². The van der Waals surface area contributed by atoms with Crippen LogP contribution in [-0.4, -0.2) is 41.7 Å². The van der Waals surface area contributed by atoms with Crippen LogP contribution in [0.4, 0.5) is 0 Å². The van der Waals surface area contributed by atoms with Crippen LogP contribution in [-0.2, 0) is 4.79 Å². The predicted molar refractivity (Wildman–Crippen MR) is 106 cm³/mol. The van der Waals surface area contributed by atoms with Gasteiger partial charge in [0.25, 0.3) is 0 Å². The number of hydrogen-bond acceptors (Lipinski definition) is 4. The van der Waals surface area contributed by atoms with E-state index in [2.05, 4.69) is 35.7 Å². The Balaban J connectivity index is 1.52. The van der Waals surface area contributed by atoms with Gasteiger partial charge in [-0.2, -0.15) is 11.8 Å². The first-order chi connectivity index (χ1) is 12.1. The summed E-state index contributed by atoms with van der Waals surface area (Å²) in [4.78, 5) is 14.7. The summed E-state index contributed by atoms with van der Waals surface area (Å²) in [5.74, 6) is 1.79. The molecule has 2 fully saturated rings. The largest absolute Gasteiger partial charge is 0.342 e. The van der Waals surface area contributed by atoms with E-state index < -0.39 is 0 Å². The number of hydrogen-bond donors (Lipinski definition) is 2. The maximum atomic E-state index is 12.7. The third-order valence-electron chi connectivity index (χ3n) is 5.46. The number of nitrogens with zero attached hydrogens (tertiary/aromatic N) is 1. The first kappa shape index (κ1) is 19.0. The van der Waals surface area contributed by atoms with Crippen molar-refractivity contribution in [2.45, 2.75) is 50.4 Å². The van der Waals surface area contributed by atoms with Gasteiger partial charge >= 0.3 is 0 Å². The number of carbonyl (C=O) groups is 1. The standard InChI is InChI=1S/C19H28ClN3OS/c1-13-15(14(2)22-21-13)7-8-19(24)23-10-9-18(25-12-11-23)16-5-3-4-6-17(16)20/h3-6,13-15,18,21-22H,7-12H2,1-2H3. The van der Waals surface area contributed by atoms with Gasteiger partial charge in [0.05, 0.1) is 0 Å². The molecule has 0 radical (unpaired) electrons. The molecule has 3 rings (SSSR count). The second kappa shape index (κ2) is 8.76. The molecule has 25 heavy (non-hydrogen) atoms. The SMILES string of the molecule is CC1NNC(C)C1CCC(=O)N1CCSC(c2ccccc2Cl)CC1. The van der Waals surface area contributed by atoms with Crippen LogP contribution < -0.4 is 10.9 Å². The van der Waals surface area contributed by atoms with E-state index in [-0.39, 0.29) is 0 Å². The number of rotatable bonds is 4. The third kappa shape index (κ3) is 4.70. The summed E-state index contributed by atoms with van der Waals surface area (Å²) < 4.78 is 0. The van der Waals surface area contributed by atoms with Crippen molar-refractivity contribution in [3.8, 4) is 0 Å². The number of amides is 1. The van der Waals surface area contributed by atoms with Crippen LogP contribution in [0.25, 0.3) is 0 Å². The van der Waals surface area contributed by atoms with Crippen molar-refractivity contribution in [1.82, 2.24) is 15.8 Å². The van der Waals surface area contributed by atoms with Crippen molar-refractivity contribution in [2.75, 3.05) is 18.8 Å². The van der Waals surface area contributed by atoms with Gasteiger partial charge in [0.2, 0.25) is 5.91 Å². The van der Waals surface area contributed by atoms with Gasteiger partial charge in [0, 0.05) is 47.6 Å². The zero-order chi connectivity index (χ0) is 17.8. The first-order valence-electron chi connectivity index (χ1n) is 9.21. The highest BCUT2D eigenvalue weighted by molar-refractivity contribution is 7.99. The van der Waals surface area contributed by atoms with E-state index in [1.165, 1.54) is 5.56 Å². The third-order valence-corrected chi connectivity index (χ3v) is 7.12. The maximum absolute atomic E-state index is 12.7. The van der Waals surface area contributed by atoms with Crippen LogP contribution in [0.5, 0.6) is 0 Å². The highest BCUT2D eigenvalue weighted by Gasteiger charge is 2.31. The Morgan fingerprint density at radius 2 is 1.96 bits per heavy atom. The lowest BCUT2D eigenvalue weighted by Crippen LogP contribution is -2.34. The lowest BCUT2D eigenvalue weighted by molar-refractivity contribution is -0.131. The second-order valence-electron chi connectivity index (χ2n) is 7.12. The lowest BCUT2D eigenvalue weighted by atomic mass is 9.91. The minimum absolute atomic E-state index is 0.298. The van der Waals surface area contributed by atoms with Crippen LogP contribution in [0, 0.1) is 5.92 Å². The molecule has 6 heteroatoms. The molecule has 3 unspecified atom stereocenters. The smallest absolute Gasteiger partial charge is 0.222 e. The summed E-state index contributed by atoms with van der Waals surface area (Å²) in [5.41, 5.74) is 7.75. The molecule has 0 aliphatic carbocycles. The topological polar surface area (TPSA) is 44.4 Å². The van der Waals surface area contributed by atoms with Crippen molar-refractivity contribution in [3.63, 3.8) is 0 Å². The summed E-state index contributed by atoms with van der Waals surface area (Å²) in [6, 6.07) is 8.93. The van der Waals surface area contributed by atoms with Gasteiger partial charge in [-0.3, -0.25) is 15.6 Å². The van der Waals surface area contributed by atoms with Crippen LogP contribution in [0.1, 0.15) is 43.9 Å². The molecule has 1 aromatic rings. The average Bonchev–Trinajstić information content (AvgIpc) is 2.79.